The van der Waals surface area contributed by atoms with Gasteiger partial charge in [-0.25, -0.2) is 5.84 Å². The van der Waals surface area contributed by atoms with Crippen molar-refractivity contribution in [3.8, 4) is 0 Å². The standard InChI is InChI=1S/C14H28N5O3P/c1-4-8-17-12(20)11(10(3)5-2)18-23(22)14(15)7-6-9-19(16)13(14)21/h10-11H,4-9,15-16H2,1-3H3,(H-,17,18,20,22)/p+1/t10?,11?,14-/m0/s1. The number of rotatable bonds is 8. The molecule has 6 N–H and O–H groups in total. The maximum atomic E-state index is 12.7. The van der Waals surface area contributed by atoms with Crippen molar-refractivity contribution in [1.82, 2.24) is 15.4 Å². The summed E-state index contributed by atoms with van der Waals surface area (Å²) in [6.45, 7) is 6.75. The van der Waals surface area contributed by atoms with E-state index < -0.39 is 25.2 Å². The van der Waals surface area contributed by atoms with Crippen LogP contribution in [0.25, 0.3) is 0 Å². The number of carbonyl (C=O) groups excluding carboxylic acids is 2. The smallest absolute Gasteiger partial charge is 0.355 e. The van der Waals surface area contributed by atoms with Crippen LogP contribution in [0.1, 0.15) is 46.5 Å². The van der Waals surface area contributed by atoms with E-state index in [2.05, 4.69) is 10.4 Å². The Hall–Kier alpha value is -1.08. The fourth-order valence-corrected chi connectivity index (χ4v) is 3.96. The molecule has 132 valence electrons. The lowest BCUT2D eigenvalue weighted by Gasteiger charge is -2.30. The second kappa shape index (κ2) is 8.68. The van der Waals surface area contributed by atoms with Crippen molar-refractivity contribution in [2.45, 2.75) is 57.8 Å². The van der Waals surface area contributed by atoms with Crippen molar-refractivity contribution >= 4 is 19.8 Å². The van der Waals surface area contributed by atoms with Gasteiger partial charge in [0.25, 0.3) is 0 Å². The molecule has 1 rings (SSSR count). The number of nitrogens with zero attached hydrogens (tertiary/aromatic N) is 1. The minimum atomic E-state index is -2.33. The summed E-state index contributed by atoms with van der Waals surface area (Å²) >= 11 is 0. The van der Waals surface area contributed by atoms with Crippen molar-refractivity contribution in [1.29, 1.82) is 0 Å². The van der Waals surface area contributed by atoms with E-state index in [0.29, 0.717) is 19.5 Å². The molecule has 4 atom stereocenters. The first kappa shape index (κ1) is 20.0. The number of hydrogen-bond donors (Lipinski definition) is 4. The van der Waals surface area contributed by atoms with Crippen molar-refractivity contribution < 1.29 is 14.2 Å². The van der Waals surface area contributed by atoms with Gasteiger partial charge in [0.05, 0.1) is 0 Å². The molecule has 2 amide bonds. The molecule has 0 aromatic carbocycles. The molecule has 1 fully saturated rings. The van der Waals surface area contributed by atoms with Crippen LogP contribution < -0.4 is 22.0 Å². The first-order valence-electron chi connectivity index (χ1n) is 8.14. The maximum Gasteiger partial charge on any atom is 0.465 e. The molecule has 23 heavy (non-hydrogen) atoms. The molecule has 3 unspecified atom stereocenters. The summed E-state index contributed by atoms with van der Waals surface area (Å²) in [6, 6.07) is -0.656. The highest BCUT2D eigenvalue weighted by Gasteiger charge is 2.57. The molecule has 0 bridgehead atoms. The minimum Gasteiger partial charge on any atom is -0.355 e. The number of hydrazine groups is 1. The Labute approximate surface area is 138 Å². The van der Waals surface area contributed by atoms with E-state index in [9.17, 15) is 14.2 Å². The normalized spacial score (nSPS) is 25.0. The monoisotopic (exact) mass is 346 g/mol. The summed E-state index contributed by atoms with van der Waals surface area (Å²) in [5.74, 6) is 4.79. The van der Waals surface area contributed by atoms with Crippen LogP contribution in [0.15, 0.2) is 0 Å². The van der Waals surface area contributed by atoms with Crippen LogP contribution in [0.5, 0.6) is 0 Å². The van der Waals surface area contributed by atoms with E-state index in [1.165, 1.54) is 0 Å². The van der Waals surface area contributed by atoms with Gasteiger partial charge in [0.15, 0.2) is 0 Å². The van der Waals surface area contributed by atoms with Crippen molar-refractivity contribution in [3.05, 3.63) is 0 Å². The highest BCUT2D eigenvalue weighted by Crippen LogP contribution is 2.39. The third-order valence-corrected chi connectivity index (χ3v) is 5.90. The highest BCUT2D eigenvalue weighted by molar-refractivity contribution is 7.45. The predicted molar refractivity (Wildman–Crippen MR) is 89.3 cm³/mol. The van der Waals surface area contributed by atoms with Crippen molar-refractivity contribution in [3.63, 3.8) is 0 Å². The predicted octanol–water partition coefficient (Wildman–Crippen LogP) is 0.410. The molecular weight excluding hydrogens is 317 g/mol. The van der Waals surface area contributed by atoms with Gasteiger partial charge >= 0.3 is 19.1 Å². The average Bonchev–Trinajstić information content (AvgIpc) is 2.54. The number of nitrogens with two attached hydrogens (primary N) is 2. The highest BCUT2D eigenvalue weighted by atomic mass is 31.1. The summed E-state index contributed by atoms with van der Waals surface area (Å²) < 4.78 is 12.7. The lowest BCUT2D eigenvalue weighted by Crippen LogP contribution is -2.61. The molecule has 1 saturated heterocycles. The summed E-state index contributed by atoms with van der Waals surface area (Å²) in [7, 11) is -2.33. The Morgan fingerprint density at radius 3 is 2.70 bits per heavy atom. The number of piperidine rings is 1. The molecule has 0 saturated carbocycles. The second-order valence-corrected chi connectivity index (χ2v) is 7.75. The molecule has 9 heteroatoms. The van der Waals surface area contributed by atoms with Gasteiger partial charge in [-0.3, -0.25) is 20.3 Å². The minimum absolute atomic E-state index is 0.0397. The summed E-state index contributed by atoms with van der Waals surface area (Å²) in [6.07, 6.45) is 2.41. The number of nitrogens with one attached hydrogen (secondary N) is 2. The lowest BCUT2D eigenvalue weighted by atomic mass is 9.99. The van der Waals surface area contributed by atoms with Gasteiger partial charge in [0, 0.05) is 19.5 Å². The molecule has 0 aromatic heterocycles. The van der Waals surface area contributed by atoms with Crippen LogP contribution in [0.3, 0.4) is 0 Å². The topological polar surface area (TPSA) is 131 Å². The molecule has 0 aliphatic carbocycles. The maximum absolute atomic E-state index is 12.7. The zero-order valence-corrected chi connectivity index (χ0v) is 15.1. The Morgan fingerprint density at radius 2 is 2.13 bits per heavy atom. The Morgan fingerprint density at radius 1 is 1.48 bits per heavy atom. The summed E-state index contributed by atoms with van der Waals surface area (Å²) in [5, 5.41) is 5.06. The van der Waals surface area contributed by atoms with Crippen molar-refractivity contribution in [2.75, 3.05) is 13.1 Å². The van der Waals surface area contributed by atoms with E-state index in [-0.39, 0.29) is 18.2 Å². The van der Waals surface area contributed by atoms with Gasteiger partial charge in [0.1, 0.15) is 6.04 Å². The zero-order valence-electron chi connectivity index (χ0n) is 14.2. The molecule has 0 spiro atoms. The van der Waals surface area contributed by atoms with E-state index in [4.69, 9.17) is 11.6 Å². The molecular formula is C14H29N5O3P+. The SMILES string of the molecule is CCCNC(=O)C(N[P+](=O)[C@@]1(N)CCCN(N)C1=O)C(C)CC. The fraction of sp³-hybridized carbons (Fsp3) is 0.857. The lowest BCUT2D eigenvalue weighted by molar-refractivity contribution is -0.137. The van der Waals surface area contributed by atoms with E-state index >= 15 is 0 Å². The number of hydrogen-bond acceptors (Lipinski definition) is 5. The van der Waals surface area contributed by atoms with E-state index in [1.54, 1.807) is 0 Å². The average molecular weight is 346 g/mol. The van der Waals surface area contributed by atoms with E-state index in [1.807, 2.05) is 20.8 Å². The van der Waals surface area contributed by atoms with Crippen LogP contribution in [0.2, 0.25) is 0 Å². The van der Waals surface area contributed by atoms with Gasteiger partial charge < -0.3 is 5.32 Å². The van der Waals surface area contributed by atoms with Gasteiger partial charge in [-0.05, 0) is 23.3 Å². The van der Waals surface area contributed by atoms with Crippen LogP contribution in [0, 0.1) is 5.92 Å². The summed E-state index contributed by atoms with van der Waals surface area (Å²) in [5.41, 5.74) is 6.08. The summed E-state index contributed by atoms with van der Waals surface area (Å²) in [4.78, 5) is 24.5. The Kier molecular flexibility index (Phi) is 7.54. The van der Waals surface area contributed by atoms with Crippen LogP contribution in [0.4, 0.5) is 0 Å². The Balaban J connectivity index is 2.87. The van der Waals surface area contributed by atoms with Gasteiger partial charge in [0.2, 0.25) is 5.91 Å². The fourth-order valence-electron chi connectivity index (χ4n) is 2.44. The van der Waals surface area contributed by atoms with Crippen LogP contribution in [-0.4, -0.2) is 41.2 Å². The molecule has 1 aliphatic rings. The number of amides is 2. The quantitative estimate of drug-likeness (QED) is 0.286. The molecule has 0 radical (unpaired) electrons. The van der Waals surface area contributed by atoms with Crippen molar-refractivity contribution in [2.24, 2.45) is 17.5 Å². The second-order valence-electron chi connectivity index (χ2n) is 6.10. The third-order valence-electron chi connectivity index (χ3n) is 4.25. The zero-order chi connectivity index (χ0) is 17.6. The molecule has 1 aliphatic heterocycles. The van der Waals surface area contributed by atoms with Gasteiger partial charge in [-0.1, -0.05) is 32.3 Å². The first-order chi connectivity index (χ1) is 10.8. The molecule has 1 heterocycles. The largest absolute Gasteiger partial charge is 0.465 e. The molecule has 8 nitrogen and oxygen atoms in total. The van der Waals surface area contributed by atoms with Gasteiger partial charge in [-0.2, -0.15) is 0 Å². The molecule has 0 aromatic rings. The Bertz CT molecular complexity index is 462. The first-order valence-corrected chi connectivity index (χ1v) is 9.40. The number of carbonyl (C=O) groups is 2. The van der Waals surface area contributed by atoms with E-state index in [0.717, 1.165) is 17.9 Å². The van der Waals surface area contributed by atoms with Gasteiger partial charge in [-0.15, -0.1) is 0 Å². The van der Waals surface area contributed by atoms with Crippen LogP contribution in [-0.2, 0) is 14.2 Å². The van der Waals surface area contributed by atoms with Crippen LogP contribution >= 0.6 is 7.95 Å². The third kappa shape index (κ3) is 4.70.